The molecule has 0 spiro atoms. The van der Waals surface area contributed by atoms with Gasteiger partial charge in [0, 0.05) is 20.6 Å². The average molecular weight is 704 g/mol. The molecule has 4 aromatic rings. The van der Waals surface area contributed by atoms with Gasteiger partial charge in [-0.3, -0.25) is 19.3 Å². The maximum Gasteiger partial charge on any atom is 0.339 e. The SMILES string of the molecule is O=C(COC(=O)c1cc(-c2ccc(N3C(=O)C4C5CC(C(Br)C5Br)C4C3=O)cc2)nc2ccccc12)c1ccccc1O. The second-order valence-corrected chi connectivity index (χ2v) is 13.3. The highest BCUT2D eigenvalue weighted by molar-refractivity contribution is 9.12. The van der Waals surface area contributed by atoms with Gasteiger partial charge in [0.05, 0.1) is 39.9 Å². The number of amides is 2. The van der Waals surface area contributed by atoms with Crippen LogP contribution in [0.4, 0.5) is 5.69 Å². The van der Waals surface area contributed by atoms with E-state index >= 15 is 0 Å². The number of esters is 1. The third-order valence-corrected chi connectivity index (χ3v) is 12.1. The summed E-state index contributed by atoms with van der Waals surface area (Å²) < 4.78 is 5.37. The van der Waals surface area contributed by atoms with Gasteiger partial charge in [-0.05, 0) is 54.7 Å². The van der Waals surface area contributed by atoms with Crippen LogP contribution in [0.5, 0.6) is 5.75 Å². The van der Waals surface area contributed by atoms with Gasteiger partial charge in [0.15, 0.2) is 6.61 Å². The van der Waals surface area contributed by atoms with Gasteiger partial charge in [0.1, 0.15) is 5.75 Å². The number of aromatic nitrogens is 1. The molecule has 8 nitrogen and oxygen atoms in total. The smallest absolute Gasteiger partial charge is 0.339 e. The zero-order valence-electron chi connectivity index (χ0n) is 22.5. The topological polar surface area (TPSA) is 114 Å². The number of pyridine rings is 1. The molecule has 3 aromatic carbocycles. The first-order chi connectivity index (χ1) is 20.7. The number of benzene rings is 3. The van der Waals surface area contributed by atoms with E-state index in [1.807, 2.05) is 6.07 Å². The van der Waals surface area contributed by atoms with Crippen LogP contribution in [0.15, 0.2) is 78.9 Å². The normalized spacial score (nSPS) is 25.8. The number of hydrogen-bond acceptors (Lipinski definition) is 7. The number of nitrogens with zero attached hydrogens (tertiary/aromatic N) is 2. The Hall–Kier alpha value is -3.89. The number of ketones is 1. The first-order valence-electron chi connectivity index (χ1n) is 13.9. The maximum absolute atomic E-state index is 13.4. The minimum absolute atomic E-state index is 0.0703. The maximum atomic E-state index is 13.4. The summed E-state index contributed by atoms with van der Waals surface area (Å²) in [5.74, 6) is -2.05. The molecule has 2 heterocycles. The number of carbonyl (C=O) groups is 4. The lowest BCUT2D eigenvalue weighted by Crippen LogP contribution is -2.37. The molecule has 10 heteroatoms. The van der Waals surface area contributed by atoms with Crippen molar-refractivity contribution >= 4 is 72.0 Å². The van der Waals surface area contributed by atoms with E-state index in [-0.39, 0.29) is 62.0 Å². The number of rotatable bonds is 6. The number of para-hydroxylation sites is 2. The van der Waals surface area contributed by atoms with Gasteiger partial charge in [-0.2, -0.15) is 0 Å². The van der Waals surface area contributed by atoms with E-state index < -0.39 is 18.4 Å². The minimum atomic E-state index is -0.704. The number of hydrogen-bond donors (Lipinski definition) is 1. The lowest BCUT2D eigenvalue weighted by Gasteiger charge is -2.28. The van der Waals surface area contributed by atoms with E-state index in [0.717, 1.165) is 6.42 Å². The van der Waals surface area contributed by atoms with Crippen molar-refractivity contribution in [2.24, 2.45) is 23.7 Å². The molecule has 6 unspecified atom stereocenters. The van der Waals surface area contributed by atoms with Crippen molar-refractivity contribution in [2.45, 2.75) is 16.1 Å². The van der Waals surface area contributed by atoms with E-state index in [1.165, 1.54) is 17.0 Å². The Kier molecular flexibility index (Phi) is 6.93. The average Bonchev–Trinajstić information content (AvgIpc) is 3.64. The first kappa shape index (κ1) is 27.9. The van der Waals surface area contributed by atoms with Crippen molar-refractivity contribution in [3.8, 4) is 17.0 Å². The molecule has 1 saturated heterocycles. The zero-order chi connectivity index (χ0) is 30.0. The molecular formula is C33H24Br2N2O6. The highest BCUT2D eigenvalue weighted by Gasteiger charge is 2.66. The number of halogens is 2. The van der Waals surface area contributed by atoms with Crippen LogP contribution < -0.4 is 4.90 Å². The number of alkyl halides is 2. The van der Waals surface area contributed by atoms with Crippen LogP contribution in [0.3, 0.4) is 0 Å². The van der Waals surface area contributed by atoms with Gasteiger partial charge in [0.2, 0.25) is 17.6 Å². The third-order valence-electron chi connectivity index (χ3n) is 8.88. The Labute approximate surface area is 263 Å². The number of imide groups is 1. The predicted molar refractivity (Wildman–Crippen MR) is 166 cm³/mol. The van der Waals surface area contributed by atoms with Crippen molar-refractivity contribution in [3.05, 3.63) is 90.0 Å². The Bertz CT molecular complexity index is 1790. The van der Waals surface area contributed by atoms with Crippen LogP contribution in [0.1, 0.15) is 27.1 Å². The molecule has 43 heavy (non-hydrogen) atoms. The molecular weight excluding hydrogens is 680 g/mol. The summed E-state index contributed by atoms with van der Waals surface area (Å²) in [4.78, 5) is 59.1. The van der Waals surface area contributed by atoms with E-state index in [2.05, 4.69) is 31.9 Å². The molecule has 7 rings (SSSR count). The lowest BCUT2D eigenvalue weighted by atomic mass is 9.81. The molecule has 1 aromatic heterocycles. The van der Waals surface area contributed by atoms with E-state index in [0.29, 0.717) is 27.8 Å². The molecule has 2 saturated carbocycles. The van der Waals surface area contributed by atoms with Crippen molar-refractivity contribution < 1.29 is 29.0 Å². The van der Waals surface area contributed by atoms with Crippen LogP contribution in [0.25, 0.3) is 22.2 Å². The van der Waals surface area contributed by atoms with Crippen molar-refractivity contribution in [1.29, 1.82) is 0 Å². The standard InChI is InChI=1S/C33H24Br2N2O6/c34-29-21-13-22(30(29)35)28-27(21)31(40)37(32(28)41)17-11-9-16(10-12-17)24-14-20(18-5-1-3-7-23(18)36-24)33(42)43-15-26(39)19-6-2-4-8-25(19)38/h1-12,14,21-22,27-30,38H,13,15H2. The Balaban J connectivity index is 1.15. The number of anilines is 1. The highest BCUT2D eigenvalue weighted by Crippen LogP contribution is 2.60. The van der Waals surface area contributed by atoms with Crippen molar-refractivity contribution in [1.82, 2.24) is 4.98 Å². The largest absolute Gasteiger partial charge is 0.507 e. The van der Waals surface area contributed by atoms with Gasteiger partial charge < -0.3 is 9.84 Å². The van der Waals surface area contributed by atoms with Gasteiger partial charge in [-0.25, -0.2) is 9.78 Å². The number of aromatic hydroxyl groups is 1. The molecule has 3 aliphatic rings. The molecule has 1 aliphatic heterocycles. The summed E-state index contributed by atoms with van der Waals surface area (Å²) in [6.07, 6.45) is 0.868. The molecule has 3 fully saturated rings. The van der Waals surface area contributed by atoms with Crippen LogP contribution in [-0.2, 0) is 14.3 Å². The fourth-order valence-electron chi connectivity index (χ4n) is 6.87. The molecule has 2 aliphatic carbocycles. The second-order valence-electron chi connectivity index (χ2n) is 11.2. The number of Topliss-reactive ketones (excluding diaryl/α,β-unsaturated/α-hetero) is 1. The summed E-state index contributed by atoms with van der Waals surface area (Å²) in [5.41, 5.74) is 2.53. The molecule has 6 atom stereocenters. The number of carbonyl (C=O) groups excluding carboxylic acids is 4. The molecule has 0 radical (unpaired) electrons. The van der Waals surface area contributed by atoms with Crippen molar-refractivity contribution in [2.75, 3.05) is 11.5 Å². The minimum Gasteiger partial charge on any atom is -0.507 e. The summed E-state index contributed by atoms with van der Waals surface area (Å²) in [5, 5.41) is 10.5. The summed E-state index contributed by atoms with van der Waals surface area (Å²) in [7, 11) is 0. The number of ether oxygens (including phenoxy) is 1. The first-order valence-corrected chi connectivity index (χ1v) is 15.7. The van der Waals surface area contributed by atoms with Gasteiger partial charge >= 0.3 is 5.97 Å². The Morgan fingerprint density at radius 1 is 0.860 bits per heavy atom. The monoisotopic (exact) mass is 702 g/mol. The quantitative estimate of drug-likeness (QED) is 0.115. The van der Waals surface area contributed by atoms with E-state index in [1.54, 1.807) is 60.7 Å². The zero-order valence-corrected chi connectivity index (χ0v) is 25.7. The second kappa shape index (κ2) is 10.7. The molecule has 1 N–H and O–H groups in total. The van der Waals surface area contributed by atoms with E-state index in [4.69, 9.17) is 9.72 Å². The fraction of sp³-hybridized carbons (Fsp3) is 0.242. The predicted octanol–water partition coefficient (Wildman–Crippen LogP) is 5.93. The van der Waals surface area contributed by atoms with Gasteiger partial charge in [0.25, 0.3) is 0 Å². The summed E-state index contributed by atoms with van der Waals surface area (Å²) in [6, 6.07) is 21.8. The Morgan fingerprint density at radius 2 is 1.49 bits per heavy atom. The van der Waals surface area contributed by atoms with Crippen molar-refractivity contribution in [3.63, 3.8) is 0 Å². The lowest BCUT2D eigenvalue weighted by molar-refractivity contribution is -0.123. The van der Waals surface area contributed by atoms with Crippen LogP contribution in [0.2, 0.25) is 0 Å². The summed E-state index contributed by atoms with van der Waals surface area (Å²) >= 11 is 7.45. The third kappa shape index (κ3) is 4.50. The van der Waals surface area contributed by atoms with Gasteiger partial charge in [-0.15, -0.1) is 0 Å². The Morgan fingerprint density at radius 3 is 2.16 bits per heavy atom. The number of fused-ring (bicyclic) bond motifs is 6. The van der Waals surface area contributed by atoms with E-state index in [9.17, 15) is 24.3 Å². The van der Waals surface area contributed by atoms with Crippen LogP contribution in [0, 0.1) is 23.7 Å². The number of phenols is 1. The van der Waals surface area contributed by atoms with Crippen LogP contribution in [-0.4, -0.2) is 49.9 Å². The molecule has 2 amide bonds. The van der Waals surface area contributed by atoms with Gasteiger partial charge in [-0.1, -0.05) is 74.3 Å². The number of phenolic OH excluding ortho intramolecular Hbond substituents is 1. The molecule has 216 valence electrons. The molecule has 2 bridgehead atoms. The van der Waals surface area contributed by atoms with Crippen LogP contribution >= 0.6 is 31.9 Å². The highest BCUT2D eigenvalue weighted by atomic mass is 79.9. The summed E-state index contributed by atoms with van der Waals surface area (Å²) in [6.45, 7) is -0.537. The fourth-order valence-corrected chi connectivity index (χ4v) is 8.75.